The first kappa shape index (κ1) is 17.9. The van der Waals surface area contributed by atoms with Crippen molar-refractivity contribution in [3.05, 3.63) is 28.2 Å². The van der Waals surface area contributed by atoms with Crippen molar-refractivity contribution in [1.29, 1.82) is 0 Å². The van der Waals surface area contributed by atoms with E-state index in [9.17, 15) is 19.5 Å². The number of anilines is 1. The maximum Gasteiger partial charge on any atom is 0.339 e. The normalized spacial score (nSPS) is 12.9. The first-order valence-corrected chi connectivity index (χ1v) is 6.85. The number of aliphatic hydroxyl groups is 1. The van der Waals surface area contributed by atoms with Crippen LogP contribution in [0.25, 0.3) is 0 Å². The third-order valence-corrected chi connectivity index (χ3v) is 3.37. The summed E-state index contributed by atoms with van der Waals surface area (Å²) in [6, 6.07) is 3.76. The molecule has 1 rings (SSSR count). The summed E-state index contributed by atoms with van der Waals surface area (Å²) in [4.78, 5) is 33.9. The number of ether oxygens (including phenoxy) is 1. The van der Waals surface area contributed by atoms with Crippen LogP contribution < -0.4 is 10.6 Å². The van der Waals surface area contributed by atoms with E-state index in [0.29, 0.717) is 10.2 Å². The van der Waals surface area contributed by atoms with Crippen LogP contribution in [0.1, 0.15) is 17.3 Å². The third-order valence-electron chi connectivity index (χ3n) is 2.68. The Morgan fingerprint density at radius 3 is 2.55 bits per heavy atom. The summed E-state index contributed by atoms with van der Waals surface area (Å²) in [6.45, 7) is 0.582. The zero-order valence-electron chi connectivity index (χ0n) is 11.8. The summed E-state index contributed by atoms with van der Waals surface area (Å²) < 4.78 is 5.10. The van der Waals surface area contributed by atoms with Crippen LogP contribution in [0, 0.1) is 0 Å². The minimum atomic E-state index is -2.08. The summed E-state index contributed by atoms with van der Waals surface area (Å²) in [5, 5.41) is 22.8. The SMILES string of the molecule is COC(=O)c1cc(NC(=O)NCC(C)(O)C(=O)O)ccc1Br. The van der Waals surface area contributed by atoms with E-state index in [-0.39, 0.29) is 5.56 Å². The topological polar surface area (TPSA) is 125 Å². The Balaban J connectivity index is 2.73. The van der Waals surface area contributed by atoms with Crippen molar-refractivity contribution >= 4 is 39.6 Å². The maximum atomic E-state index is 11.7. The van der Waals surface area contributed by atoms with Crippen LogP contribution in [0.5, 0.6) is 0 Å². The lowest BCUT2D eigenvalue weighted by molar-refractivity contribution is -0.155. The second-order valence-corrected chi connectivity index (χ2v) is 5.43. The van der Waals surface area contributed by atoms with E-state index in [1.54, 1.807) is 6.07 Å². The number of carbonyl (C=O) groups is 3. The van der Waals surface area contributed by atoms with Crippen molar-refractivity contribution < 1.29 is 29.3 Å². The van der Waals surface area contributed by atoms with Crippen LogP contribution in [0.15, 0.2) is 22.7 Å². The van der Waals surface area contributed by atoms with Gasteiger partial charge in [-0.05, 0) is 41.1 Å². The number of rotatable bonds is 5. The lowest BCUT2D eigenvalue weighted by Crippen LogP contribution is -2.47. The molecule has 0 spiro atoms. The molecule has 1 atom stereocenters. The molecule has 0 heterocycles. The molecule has 0 aliphatic heterocycles. The molecule has 2 amide bonds. The van der Waals surface area contributed by atoms with Gasteiger partial charge in [0.1, 0.15) is 0 Å². The van der Waals surface area contributed by atoms with Gasteiger partial charge in [0, 0.05) is 10.2 Å². The quantitative estimate of drug-likeness (QED) is 0.573. The highest BCUT2D eigenvalue weighted by Crippen LogP contribution is 2.21. The van der Waals surface area contributed by atoms with E-state index >= 15 is 0 Å². The van der Waals surface area contributed by atoms with Gasteiger partial charge in [-0.3, -0.25) is 0 Å². The highest BCUT2D eigenvalue weighted by atomic mass is 79.9. The van der Waals surface area contributed by atoms with Gasteiger partial charge in [0.15, 0.2) is 5.60 Å². The van der Waals surface area contributed by atoms with Crippen LogP contribution in [-0.4, -0.2) is 47.4 Å². The van der Waals surface area contributed by atoms with Gasteiger partial charge < -0.3 is 25.6 Å². The zero-order chi connectivity index (χ0) is 16.9. The van der Waals surface area contributed by atoms with Crippen molar-refractivity contribution in [2.24, 2.45) is 0 Å². The molecule has 9 heteroatoms. The molecule has 0 aromatic heterocycles. The number of carboxylic acids is 1. The molecule has 0 aliphatic rings. The standard InChI is InChI=1S/C13H15BrN2O6/c1-13(21,11(18)19)6-15-12(20)16-7-3-4-9(14)8(5-7)10(17)22-2/h3-5,21H,6H2,1-2H3,(H,18,19)(H2,15,16,20). The van der Waals surface area contributed by atoms with Gasteiger partial charge in [0.05, 0.1) is 19.2 Å². The highest BCUT2D eigenvalue weighted by Gasteiger charge is 2.30. The smallest absolute Gasteiger partial charge is 0.339 e. The molecule has 0 fully saturated rings. The fourth-order valence-corrected chi connectivity index (χ4v) is 1.78. The van der Waals surface area contributed by atoms with Gasteiger partial charge in [0.25, 0.3) is 0 Å². The minimum Gasteiger partial charge on any atom is -0.479 e. The van der Waals surface area contributed by atoms with Crippen molar-refractivity contribution in [3.63, 3.8) is 0 Å². The van der Waals surface area contributed by atoms with Gasteiger partial charge in [0.2, 0.25) is 0 Å². The van der Waals surface area contributed by atoms with E-state index in [0.717, 1.165) is 6.92 Å². The number of hydrogen-bond acceptors (Lipinski definition) is 5. The predicted octanol–water partition coefficient (Wildman–Crippen LogP) is 1.19. The van der Waals surface area contributed by atoms with E-state index < -0.39 is 30.1 Å². The average Bonchev–Trinajstić information content (AvgIpc) is 2.46. The zero-order valence-corrected chi connectivity index (χ0v) is 13.4. The van der Waals surface area contributed by atoms with Gasteiger partial charge in [-0.1, -0.05) is 0 Å². The lowest BCUT2D eigenvalue weighted by Gasteiger charge is -2.18. The third kappa shape index (κ3) is 4.71. The molecule has 8 nitrogen and oxygen atoms in total. The number of urea groups is 1. The van der Waals surface area contributed by atoms with Crippen molar-refractivity contribution in [2.45, 2.75) is 12.5 Å². The van der Waals surface area contributed by atoms with E-state index in [1.807, 2.05) is 0 Å². The van der Waals surface area contributed by atoms with Gasteiger partial charge in [-0.2, -0.15) is 0 Å². The molecule has 1 unspecified atom stereocenters. The number of hydrogen-bond donors (Lipinski definition) is 4. The predicted molar refractivity (Wildman–Crippen MR) is 80.8 cm³/mol. The molecule has 22 heavy (non-hydrogen) atoms. The summed E-state index contributed by atoms with van der Waals surface area (Å²) in [7, 11) is 1.23. The largest absolute Gasteiger partial charge is 0.479 e. The molecule has 1 aromatic carbocycles. The average molecular weight is 375 g/mol. The molecule has 120 valence electrons. The number of esters is 1. The van der Waals surface area contributed by atoms with Crippen LogP contribution in [0.2, 0.25) is 0 Å². The Bertz CT molecular complexity index is 602. The fraction of sp³-hybridized carbons (Fsp3) is 0.308. The van der Waals surface area contributed by atoms with Crippen LogP contribution in [-0.2, 0) is 9.53 Å². The van der Waals surface area contributed by atoms with E-state index in [4.69, 9.17) is 5.11 Å². The Hall–Kier alpha value is -2.13. The first-order valence-electron chi connectivity index (χ1n) is 6.06. The molecule has 0 radical (unpaired) electrons. The van der Waals surface area contributed by atoms with E-state index in [1.165, 1.54) is 19.2 Å². The highest BCUT2D eigenvalue weighted by molar-refractivity contribution is 9.10. The second kappa shape index (κ2) is 7.23. The van der Waals surface area contributed by atoms with Crippen molar-refractivity contribution in [2.75, 3.05) is 19.0 Å². The molecule has 0 saturated heterocycles. The second-order valence-electron chi connectivity index (χ2n) is 4.57. The number of aliphatic carboxylic acids is 1. The number of carboxylic acid groups (broad SMARTS) is 1. The maximum absolute atomic E-state index is 11.7. The minimum absolute atomic E-state index is 0.220. The lowest BCUT2D eigenvalue weighted by atomic mass is 10.1. The van der Waals surface area contributed by atoms with Gasteiger partial charge in [-0.15, -0.1) is 0 Å². The van der Waals surface area contributed by atoms with Crippen molar-refractivity contribution in [3.8, 4) is 0 Å². The Labute approximate surface area is 134 Å². The summed E-state index contributed by atoms with van der Waals surface area (Å²) in [5.41, 5.74) is -1.55. The number of benzene rings is 1. The van der Waals surface area contributed by atoms with Crippen LogP contribution in [0.4, 0.5) is 10.5 Å². The molecular weight excluding hydrogens is 360 g/mol. The number of methoxy groups -OCH3 is 1. The number of nitrogens with one attached hydrogen (secondary N) is 2. The van der Waals surface area contributed by atoms with Gasteiger partial charge in [-0.25, -0.2) is 14.4 Å². The summed E-state index contributed by atoms with van der Waals surface area (Å²) in [5.74, 6) is -2.03. The number of carbonyl (C=O) groups excluding carboxylic acids is 2. The summed E-state index contributed by atoms with van der Waals surface area (Å²) in [6.07, 6.45) is 0. The molecule has 0 aliphatic carbocycles. The number of amides is 2. The Morgan fingerprint density at radius 1 is 1.36 bits per heavy atom. The molecular formula is C13H15BrN2O6. The fourth-order valence-electron chi connectivity index (χ4n) is 1.37. The first-order chi connectivity index (χ1) is 10.2. The molecule has 0 bridgehead atoms. The number of halogens is 1. The Morgan fingerprint density at radius 2 is 2.00 bits per heavy atom. The summed E-state index contributed by atoms with van der Waals surface area (Å²) >= 11 is 3.18. The van der Waals surface area contributed by atoms with E-state index in [2.05, 4.69) is 31.3 Å². The Kier molecular flexibility index (Phi) is 5.89. The molecule has 4 N–H and O–H groups in total. The van der Waals surface area contributed by atoms with Gasteiger partial charge >= 0.3 is 18.0 Å². The van der Waals surface area contributed by atoms with Crippen LogP contribution >= 0.6 is 15.9 Å². The van der Waals surface area contributed by atoms with Crippen molar-refractivity contribution in [1.82, 2.24) is 5.32 Å². The molecule has 1 aromatic rings. The van der Waals surface area contributed by atoms with Crippen LogP contribution in [0.3, 0.4) is 0 Å². The monoisotopic (exact) mass is 374 g/mol. The molecule has 0 saturated carbocycles.